The van der Waals surface area contributed by atoms with E-state index in [1.54, 1.807) is 6.92 Å². The van der Waals surface area contributed by atoms with Crippen molar-refractivity contribution in [2.24, 2.45) is 11.7 Å². The van der Waals surface area contributed by atoms with Crippen molar-refractivity contribution in [3.05, 3.63) is 0 Å². The van der Waals surface area contributed by atoms with Crippen LogP contribution in [0.25, 0.3) is 0 Å². The third-order valence-corrected chi connectivity index (χ3v) is 4.01. The highest BCUT2D eigenvalue weighted by Crippen LogP contribution is 2.39. The van der Waals surface area contributed by atoms with Crippen LogP contribution in [-0.4, -0.2) is 37.3 Å². The Balaban J connectivity index is 2.69. The molecule has 0 saturated heterocycles. The Labute approximate surface area is 88.9 Å². The minimum Gasteiger partial charge on any atom is -0.480 e. The molecule has 15 heavy (non-hydrogen) atoms. The van der Waals surface area contributed by atoms with Crippen LogP contribution in [0.2, 0.25) is 0 Å². The predicted molar refractivity (Wildman–Crippen MR) is 54.7 cm³/mol. The number of carboxylic acid groups (broad SMARTS) is 1. The SMILES string of the molecule is CC(CN)(NS(=O)(=O)CC(=O)O)C1CC1. The molecule has 0 radical (unpaired) electrons. The Hall–Kier alpha value is -0.660. The summed E-state index contributed by atoms with van der Waals surface area (Å²) in [6.07, 6.45) is 1.87. The number of hydrogen-bond donors (Lipinski definition) is 3. The molecule has 1 unspecified atom stereocenters. The fourth-order valence-corrected chi connectivity index (χ4v) is 2.92. The molecule has 1 aliphatic rings. The van der Waals surface area contributed by atoms with Crippen LogP contribution >= 0.6 is 0 Å². The molecule has 0 aromatic carbocycles. The lowest BCUT2D eigenvalue weighted by Crippen LogP contribution is -2.54. The lowest BCUT2D eigenvalue weighted by Gasteiger charge is -2.28. The first-order valence-electron chi connectivity index (χ1n) is 4.72. The number of aliphatic carboxylic acids is 1. The fourth-order valence-electron chi connectivity index (χ4n) is 1.57. The molecular formula is C8H16N2O4S. The van der Waals surface area contributed by atoms with Crippen molar-refractivity contribution < 1.29 is 18.3 Å². The molecule has 0 amide bonds. The molecule has 1 rings (SSSR count). The van der Waals surface area contributed by atoms with Gasteiger partial charge in [0.2, 0.25) is 10.0 Å². The standard InChI is InChI=1S/C8H16N2O4S/c1-8(5-9,6-2-3-6)10-15(13,14)4-7(11)12/h6,10H,2-5,9H2,1H3,(H,11,12). The highest BCUT2D eigenvalue weighted by Gasteiger charge is 2.43. The van der Waals surface area contributed by atoms with Gasteiger partial charge >= 0.3 is 5.97 Å². The fraction of sp³-hybridized carbons (Fsp3) is 0.875. The van der Waals surface area contributed by atoms with Crippen molar-refractivity contribution in [3.8, 4) is 0 Å². The molecule has 1 atom stereocenters. The lowest BCUT2D eigenvalue weighted by molar-refractivity contribution is -0.134. The van der Waals surface area contributed by atoms with Gasteiger partial charge in [0, 0.05) is 12.1 Å². The summed E-state index contributed by atoms with van der Waals surface area (Å²) in [5, 5.41) is 8.42. The van der Waals surface area contributed by atoms with Crippen LogP contribution in [0.5, 0.6) is 0 Å². The van der Waals surface area contributed by atoms with E-state index in [2.05, 4.69) is 4.72 Å². The van der Waals surface area contributed by atoms with E-state index in [1.165, 1.54) is 0 Å². The summed E-state index contributed by atoms with van der Waals surface area (Å²) >= 11 is 0. The Morgan fingerprint density at radius 1 is 1.60 bits per heavy atom. The second kappa shape index (κ2) is 4.07. The van der Waals surface area contributed by atoms with Gasteiger partial charge in [-0.15, -0.1) is 0 Å². The molecule has 1 fully saturated rings. The first-order valence-corrected chi connectivity index (χ1v) is 6.38. The molecule has 0 spiro atoms. The first-order chi connectivity index (χ1) is 6.79. The van der Waals surface area contributed by atoms with Crippen molar-refractivity contribution in [2.75, 3.05) is 12.3 Å². The molecule has 0 aliphatic heterocycles. The summed E-state index contributed by atoms with van der Waals surface area (Å²) in [5.41, 5.74) is 4.81. The molecule has 0 aromatic heterocycles. The summed E-state index contributed by atoms with van der Waals surface area (Å²) in [4.78, 5) is 10.3. The third kappa shape index (κ3) is 3.44. The summed E-state index contributed by atoms with van der Waals surface area (Å²) in [7, 11) is -3.79. The van der Waals surface area contributed by atoms with Crippen LogP contribution in [0.15, 0.2) is 0 Å². The van der Waals surface area contributed by atoms with Crippen LogP contribution in [-0.2, 0) is 14.8 Å². The maximum absolute atomic E-state index is 11.4. The molecule has 7 heteroatoms. The summed E-state index contributed by atoms with van der Waals surface area (Å²) in [5.74, 6) is -2.04. The summed E-state index contributed by atoms with van der Waals surface area (Å²) in [6.45, 7) is 1.89. The van der Waals surface area contributed by atoms with Gasteiger partial charge in [-0.3, -0.25) is 4.79 Å². The highest BCUT2D eigenvalue weighted by molar-refractivity contribution is 7.90. The minimum atomic E-state index is -3.79. The van der Waals surface area contributed by atoms with E-state index >= 15 is 0 Å². The van der Waals surface area contributed by atoms with Crippen molar-refractivity contribution in [1.82, 2.24) is 4.72 Å². The van der Waals surface area contributed by atoms with Crippen molar-refractivity contribution in [1.29, 1.82) is 0 Å². The predicted octanol–water partition coefficient (Wildman–Crippen LogP) is -0.882. The van der Waals surface area contributed by atoms with E-state index in [-0.39, 0.29) is 12.5 Å². The van der Waals surface area contributed by atoms with Gasteiger partial charge in [0.1, 0.15) is 0 Å². The zero-order valence-electron chi connectivity index (χ0n) is 8.56. The minimum absolute atomic E-state index is 0.177. The van der Waals surface area contributed by atoms with E-state index in [1.807, 2.05) is 0 Å². The maximum Gasteiger partial charge on any atom is 0.320 e. The second-order valence-corrected chi connectivity index (χ2v) is 5.87. The second-order valence-electron chi connectivity index (χ2n) is 4.15. The van der Waals surface area contributed by atoms with Gasteiger partial charge in [-0.25, -0.2) is 13.1 Å². The smallest absolute Gasteiger partial charge is 0.320 e. The Bertz CT molecular complexity index is 350. The zero-order chi connectivity index (χ0) is 11.7. The Kier molecular flexibility index (Phi) is 3.37. The zero-order valence-corrected chi connectivity index (χ0v) is 9.38. The van der Waals surface area contributed by atoms with Crippen molar-refractivity contribution in [2.45, 2.75) is 25.3 Å². The van der Waals surface area contributed by atoms with E-state index < -0.39 is 27.3 Å². The Morgan fingerprint density at radius 2 is 2.13 bits per heavy atom. The van der Waals surface area contributed by atoms with Gasteiger partial charge in [0.15, 0.2) is 5.75 Å². The number of carbonyl (C=O) groups is 1. The molecular weight excluding hydrogens is 220 g/mol. The first kappa shape index (κ1) is 12.4. The van der Waals surface area contributed by atoms with E-state index in [4.69, 9.17) is 10.8 Å². The molecule has 1 saturated carbocycles. The van der Waals surface area contributed by atoms with Gasteiger partial charge in [-0.05, 0) is 25.7 Å². The molecule has 0 bridgehead atoms. The molecule has 6 nitrogen and oxygen atoms in total. The molecule has 0 aromatic rings. The number of sulfonamides is 1. The summed E-state index contributed by atoms with van der Waals surface area (Å²) in [6, 6.07) is 0. The largest absolute Gasteiger partial charge is 0.480 e. The van der Waals surface area contributed by atoms with E-state index in [9.17, 15) is 13.2 Å². The van der Waals surface area contributed by atoms with Gasteiger partial charge in [-0.2, -0.15) is 0 Å². The number of rotatable bonds is 6. The van der Waals surface area contributed by atoms with Gasteiger partial charge in [0.25, 0.3) is 0 Å². The van der Waals surface area contributed by atoms with Crippen LogP contribution < -0.4 is 10.5 Å². The third-order valence-electron chi connectivity index (χ3n) is 2.60. The van der Waals surface area contributed by atoms with Gasteiger partial charge < -0.3 is 10.8 Å². The van der Waals surface area contributed by atoms with Crippen LogP contribution in [0.3, 0.4) is 0 Å². The Morgan fingerprint density at radius 3 is 2.47 bits per heavy atom. The van der Waals surface area contributed by atoms with Gasteiger partial charge in [-0.1, -0.05) is 0 Å². The number of nitrogens with one attached hydrogen (secondary N) is 1. The number of carboxylic acids is 1. The van der Waals surface area contributed by atoms with E-state index in [0.29, 0.717) is 0 Å². The summed E-state index contributed by atoms with van der Waals surface area (Å²) < 4.78 is 25.2. The van der Waals surface area contributed by atoms with Crippen molar-refractivity contribution in [3.63, 3.8) is 0 Å². The van der Waals surface area contributed by atoms with E-state index in [0.717, 1.165) is 12.8 Å². The molecule has 88 valence electrons. The van der Waals surface area contributed by atoms with Gasteiger partial charge in [0.05, 0.1) is 0 Å². The average molecular weight is 236 g/mol. The van der Waals surface area contributed by atoms with Crippen molar-refractivity contribution >= 4 is 16.0 Å². The van der Waals surface area contributed by atoms with Crippen LogP contribution in [0.4, 0.5) is 0 Å². The maximum atomic E-state index is 11.4. The quantitative estimate of drug-likeness (QED) is 0.554. The number of nitrogens with two attached hydrogens (primary N) is 1. The van der Waals surface area contributed by atoms with Crippen LogP contribution in [0, 0.1) is 5.92 Å². The number of hydrogen-bond acceptors (Lipinski definition) is 4. The monoisotopic (exact) mass is 236 g/mol. The van der Waals surface area contributed by atoms with Crippen LogP contribution in [0.1, 0.15) is 19.8 Å². The lowest BCUT2D eigenvalue weighted by atomic mass is 9.98. The topological polar surface area (TPSA) is 109 Å². The average Bonchev–Trinajstić information content (AvgIpc) is 2.82. The normalized spacial score (nSPS) is 20.9. The molecule has 1 aliphatic carbocycles. The molecule has 0 heterocycles. The highest BCUT2D eigenvalue weighted by atomic mass is 32.2. The molecule has 4 N–H and O–H groups in total.